The first kappa shape index (κ1) is 9.71. The van der Waals surface area contributed by atoms with Gasteiger partial charge in [-0.1, -0.05) is 12.2 Å². The number of allylic oxidation sites excluding steroid dienone is 3. The number of esters is 1. The molecule has 0 amide bonds. The smallest absolute Gasteiger partial charge is 0.341 e. The fourth-order valence-corrected chi connectivity index (χ4v) is 1.10. The maximum atomic E-state index is 11.3. The predicted molar refractivity (Wildman–Crippen MR) is 48.1 cm³/mol. The number of carbonyl (C=O) groups excluding carboxylic acids is 2. The number of ketones is 1. The quantitative estimate of drug-likeness (QED) is 0.476. The number of rotatable bonds is 2. The maximum absolute atomic E-state index is 11.3. The number of hydrogen-bond donors (Lipinski definition) is 0. The van der Waals surface area contributed by atoms with Crippen molar-refractivity contribution in [3.8, 4) is 0 Å². The van der Waals surface area contributed by atoms with Crippen molar-refractivity contribution in [2.24, 2.45) is 0 Å². The summed E-state index contributed by atoms with van der Waals surface area (Å²) in [6.07, 6.45) is 6.35. The van der Waals surface area contributed by atoms with E-state index in [0.717, 1.165) is 12.8 Å². The van der Waals surface area contributed by atoms with Crippen LogP contribution in [0.5, 0.6) is 0 Å². The van der Waals surface area contributed by atoms with E-state index in [1.807, 2.05) is 0 Å². The average Bonchev–Trinajstić information content (AvgIpc) is 2.30. The van der Waals surface area contributed by atoms with Crippen molar-refractivity contribution >= 4 is 11.8 Å². The zero-order valence-electron chi connectivity index (χ0n) is 7.58. The summed E-state index contributed by atoms with van der Waals surface area (Å²) in [7, 11) is 0. The Bertz CT molecular complexity index is 274. The summed E-state index contributed by atoms with van der Waals surface area (Å²) in [6.45, 7) is 2.02. The van der Waals surface area contributed by atoms with Crippen LogP contribution in [0.4, 0.5) is 0 Å². The van der Waals surface area contributed by atoms with E-state index >= 15 is 0 Å². The van der Waals surface area contributed by atoms with Crippen LogP contribution in [0.15, 0.2) is 23.8 Å². The molecule has 0 fully saturated rings. The third-order valence-electron chi connectivity index (χ3n) is 1.71. The van der Waals surface area contributed by atoms with E-state index in [0.29, 0.717) is 6.61 Å². The van der Waals surface area contributed by atoms with Crippen LogP contribution >= 0.6 is 0 Å². The Kier molecular flexibility index (Phi) is 3.43. The van der Waals surface area contributed by atoms with Gasteiger partial charge in [-0.15, -0.1) is 0 Å². The molecule has 0 aromatic heterocycles. The Morgan fingerprint density at radius 1 is 1.54 bits per heavy atom. The summed E-state index contributed by atoms with van der Waals surface area (Å²) in [5, 5.41) is 0. The lowest BCUT2D eigenvalue weighted by Gasteiger charge is -2.01. The first-order valence-electron chi connectivity index (χ1n) is 4.34. The molecule has 0 N–H and O–H groups in total. The fourth-order valence-electron chi connectivity index (χ4n) is 1.10. The van der Waals surface area contributed by atoms with Crippen molar-refractivity contribution in [1.82, 2.24) is 0 Å². The van der Waals surface area contributed by atoms with Gasteiger partial charge in [-0.2, -0.15) is 0 Å². The Balaban J connectivity index is 2.76. The van der Waals surface area contributed by atoms with Crippen molar-refractivity contribution in [3.63, 3.8) is 0 Å². The van der Waals surface area contributed by atoms with Crippen LogP contribution in [0.3, 0.4) is 0 Å². The molecule has 0 radical (unpaired) electrons. The number of hydrogen-bond acceptors (Lipinski definition) is 3. The summed E-state index contributed by atoms with van der Waals surface area (Å²) >= 11 is 0. The lowest BCUT2D eigenvalue weighted by Crippen LogP contribution is -2.13. The zero-order chi connectivity index (χ0) is 9.68. The predicted octanol–water partition coefficient (Wildman–Crippen LogP) is 1.40. The van der Waals surface area contributed by atoms with Crippen molar-refractivity contribution in [2.75, 3.05) is 6.61 Å². The molecule has 0 atom stereocenters. The minimum Gasteiger partial charge on any atom is -0.462 e. The molecule has 3 nitrogen and oxygen atoms in total. The van der Waals surface area contributed by atoms with E-state index in [1.54, 1.807) is 19.1 Å². The van der Waals surface area contributed by atoms with E-state index in [4.69, 9.17) is 4.74 Å². The second-order valence-electron chi connectivity index (χ2n) is 2.68. The highest BCUT2D eigenvalue weighted by atomic mass is 16.5. The Labute approximate surface area is 77.1 Å². The molecule has 0 spiro atoms. The summed E-state index contributed by atoms with van der Waals surface area (Å²) < 4.78 is 4.75. The fraction of sp³-hybridized carbons (Fsp3) is 0.400. The summed E-state index contributed by atoms with van der Waals surface area (Å²) in [6, 6.07) is 0. The highest BCUT2D eigenvalue weighted by Crippen LogP contribution is 2.09. The second-order valence-corrected chi connectivity index (χ2v) is 2.68. The lowest BCUT2D eigenvalue weighted by molar-refractivity contribution is -0.139. The van der Waals surface area contributed by atoms with E-state index in [-0.39, 0.29) is 11.4 Å². The van der Waals surface area contributed by atoms with Crippen LogP contribution < -0.4 is 0 Å². The summed E-state index contributed by atoms with van der Waals surface area (Å²) in [5.74, 6) is -0.769. The van der Waals surface area contributed by atoms with Crippen LogP contribution in [0.1, 0.15) is 19.8 Å². The highest BCUT2D eigenvalue weighted by Gasteiger charge is 2.17. The van der Waals surface area contributed by atoms with Gasteiger partial charge in [0, 0.05) is 0 Å². The Hall–Kier alpha value is -1.38. The Morgan fingerprint density at radius 2 is 2.31 bits per heavy atom. The van der Waals surface area contributed by atoms with Crippen molar-refractivity contribution < 1.29 is 14.3 Å². The molecule has 0 unspecified atom stereocenters. The minimum atomic E-state index is -0.515. The SMILES string of the molecule is CCOC(=O)C1=CCCC=CC1=O. The molecule has 0 aliphatic heterocycles. The lowest BCUT2D eigenvalue weighted by atomic mass is 10.1. The van der Waals surface area contributed by atoms with Gasteiger partial charge < -0.3 is 4.74 Å². The Morgan fingerprint density at radius 3 is 3.00 bits per heavy atom. The van der Waals surface area contributed by atoms with Gasteiger partial charge in [-0.05, 0) is 25.8 Å². The van der Waals surface area contributed by atoms with E-state index in [1.165, 1.54) is 6.08 Å². The molecule has 0 saturated heterocycles. The topological polar surface area (TPSA) is 43.4 Å². The molecular weight excluding hydrogens is 168 g/mol. The van der Waals surface area contributed by atoms with Crippen LogP contribution in [0.25, 0.3) is 0 Å². The monoisotopic (exact) mass is 180 g/mol. The molecule has 0 saturated carbocycles. The number of ether oxygens (including phenoxy) is 1. The normalized spacial score (nSPS) is 16.4. The molecular formula is C10H12O3. The third kappa shape index (κ3) is 2.54. The summed E-state index contributed by atoms with van der Waals surface area (Å²) in [4.78, 5) is 22.5. The van der Waals surface area contributed by atoms with Crippen LogP contribution in [0, 0.1) is 0 Å². The van der Waals surface area contributed by atoms with E-state index in [9.17, 15) is 9.59 Å². The molecule has 3 heteroatoms. The second kappa shape index (κ2) is 4.60. The van der Waals surface area contributed by atoms with Gasteiger partial charge in [0.2, 0.25) is 0 Å². The van der Waals surface area contributed by atoms with Gasteiger partial charge in [-0.25, -0.2) is 4.79 Å². The largest absolute Gasteiger partial charge is 0.462 e. The molecule has 0 bridgehead atoms. The van der Waals surface area contributed by atoms with Crippen molar-refractivity contribution in [1.29, 1.82) is 0 Å². The molecule has 13 heavy (non-hydrogen) atoms. The van der Waals surface area contributed by atoms with E-state index < -0.39 is 5.97 Å². The molecule has 1 aliphatic carbocycles. The number of carbonyl (C=O) groups is 2. The van der Waals surface area contributed by atoms with Gasteiger partial charge in [-0.3, -0.25) is 4.79 Å². The van der Waals surface area contributed by atoms with Crippen molar-refractivity contribution in [2.45, 2.75) is 19.8 Å². The first-order chi connectivity index (χ1) is 6.25. The first-order valence-corrected chi connectivity index (χ1v) is 4.34. The van der Waals surface area contributed by atoms with Gasteiger partial charge in [0.1, 0.15) is 5.57 Å². The van der Waals surface area contributed by atoms with Gasteiger partial charge >= 0.3 is 5.97 Å². The molecule has 0 heterocycles. The molecule has 0 aromatic rings. The third-order valence-corrected chi connectivity index (χ3v) is 1.71. The van der Waals surface area contributed by atoms with Gasteiger partial charge in [0.05, 0.1) is 6.61 Å². The van der Waals surface area contributed by atoms with Gasteiger partial charge in [0.15, 0.2) is 5.78 Å². The molecule has 1 rings (SSSR count). The van der Waals surface area contributed by atoms with Gasteiger partial charge in [0.25, 0.3) is 0 Å². The van der Waals surface area contributed by atoms with Crippen LogP contribution in [0.2, 0.25) is 0 Å². The average molecular weight is 180 g/mol. The molecule has 1 aliphatic rings. The summed E-state index contributed by atoms with van der Waals surface area (Å²) in [5.41, 5.74) is 0.163. The maximum Gasteiger partial charge on any atom is 0.341 e. The minimum absolute atomic E-state index is 0.163. The van der Waals surface area contributed by atoms with Crippen molar-refractivity contribution in [3.05, 3.63) is 23.8 Å². The van der Waals surface area contributed by atoms with Crippen LogP contribution in [-0.4, -0.2) is 18.4 Å². The standard InChI is InChI=1S/C10H12O3/c1-2-13-10(12)8-6-4-3-5-7-9(8)11/h5-7H,2-4H2,1H3. The van der Waals surface area contributed by atoms with E-state index in [2.05, 4.69) is 0 Å². The molecule has 0 aromatic carbocycles. The zero-order valence-corrected chi connectivity index (χ0v) is 7.58. The van der Waals surface area contributed by atoms with Crippen LogP contribution in [-0.2, 0) is 14.3 Å². The highest BCUT2D eigenvalue weighted by molar-refractivity contribution is 6.21. The molecule has 70 valence electrons.